The second-order valence-electron chi connectivity index (χ2n) is 5.93. The Morgan fingerprint density at radius 3 is 2.61 bits per heavy atom. The Bertz CT molecular complexity index is 566. The van der Waals surface area contributed by atoms with E-state index in [2.05, 4.69) is 45.6 Å². The van der Waals surface area contributed by atoms with Crippen molar-refractivity contribution < 1.29 is 4.74 Å². The first-order valence-electron chi connectivity index (χ1n) is 7.96. The molecule has 1 aliphatic rings. The largest absolute Gasteiger partial charge is 0.376 e. The van der Waals surface area contributed by atoms with Gasteiger partial charge in [0, 0.05) is 13.2 Å². The van der Waals surface area contributed by atoms with E-state index in [1.54, 1.807) is 0 Å². The Balaban J connectivity index is 1.69. The standard InChI is InChI=1S/C19H23BrN2O/c1-2-16(11-20)14-23-15-19-7-9-22(10-8-19)13-18-5-3-17(12-21)4-6-18/h2-6,11,19H,1,7-10,13-15H2/b16-11+. The van der Waals surface area contributed by atoms with Gasteiger partial charge < -0.3 is 4.74 Å². The molecule has 1 aliphatic heterocycles. The minimum atomic E-state index is 0.625. The van der Waals surface area contributed by atoms with Crippen molar-refractivity contribution in [2.45, 2.75) is 19.4 Å². The summed E-state index contributed by atoms with van der Waals surface area (Å²) in [5, 5.41) is 8.83. The molecule has 2 rings (SSSR count). The van der Waals surface area contributed by atoms with Crippen LogP contribution in [-0.2, 0) is 11.3 Å². The van der Waals surface area contributed by atoms with Crippen molar-refractivity contribution in [2.75, 3.05) is 26.3 Å². The van der Waals surface area contributed by atoms with Crippen LogP contribution in [-0.4, -0.2) is 31.2 Å². The first kappa shape index (κ1) is 17.9. The molecule has 0 aliphatic carbocycles. The summed E-state index contributed by atoms with van der Waals surface area (Å²) in [6, 6.07) is 10.1. The lowest BCUT2D eigenvalue weighted by Crippen LogP contribution is -2.34. The average Bonchev–Trinajstić information content (AvgIpc) is 2.61. The van der Waals surface area contributed by atoms with E-state index in [4.69, 9.17) is 10.00 Å². The quantitative estimate of drug-likeness (QED) is 0.669. The molecular weight excluding hydrogens is 352 g/mol. The van der Waals surface area contributed by atoms with Gasteiger partial charge in [-0.15, -0.1) is 0 Å². The molecule has 4 heteroatoms. The van der Waals surface area contributed by atoms with Crippen LogP contribution in [0.4, 0.5) is 0 Å². The van der Waals surface area contributed by atoms with Gasteiger partial charge in [0.15, 0.2) is 0 Å². The van der Waals surface area contributed by atoms with Gasteiger partial charge in [0.05, 0.1) is 18.2 Å². The summed E-state index contributed by atoms with van der Waals surface area (Å²) in [6.45, 7) is 8.38. The summed E-state index contributed by atoms with van der Waals surface area (Å²) in [7, 11) is 0. The highest BCUT2D eigenvalue weighted by molar-refractivity contribution is 9.11. The summed E-state index contributed by atoms with van der Waals surface area (Å²) in [4.78, 5) is 4.34. The number of nitriles is 1. The molecule has 0 bridgehead atoms. The molecule has 0 radical (unpaired) electrons. The van der Waals surface area contributed by atoms with E-state index in [1.807, 2.05) is 23.2 Å². The normalized spacial score (nSPS) is 17.0. The molecule has 1 aromatic carbocycles. The molecule has 23 heavy (non-hydrogen) atoms. The number of ether oxygens (including phenoxy) is 1. The Kier molecular flexibility index (Phi) is 7.54. The fraction of sp³-hybridized carbons (Fsp3) is 0.421. The third kappa shape index (κ3) is 5.95. The van der Waals surface area contributed by atoms with Crippen LogP contribution in [0.5, 0.6) is 0 Å². The Morgan fingerprint density at radius 1 is 1.35 bits per heavy atom. The van der Waals surface area contributed by atoms with Gasteiger partial charge in [-0.05, 0) is 60.1 Å². The average molecular weight is 375 g/mol. The third-order valence-corrected chi connectivity index (χ3v) is 4.81. The van der Waals surface area contributed by atoms with Crippen molar-refractivity contribution in [2.24, 2.45) is 5.92 Å². The Hall–Kier alpha value is -1.41. The predicted molar refractivity (Wildman–Crippen MR) is 97.2 cm³/mol. The first-order valence-corrected chi connectivity index (χ1v) is 8.87. The number of hydrogen-bond donors (Lipinski definition) is 0. The van der Waals surface area contributed by atoms with Crippen molar-refractivity contribution in [3.05, 3.63) is 58.6 Å². The molecule has 122 valence electrons. The number of hydrogen-bond acceptors (Lipinski definition) is 3. The fourth-order valence-corrected chi connectivity index (χ4v) is 3.05. The summed E-state index contributed by atoms with van der Waals surface area (Å²) in [5.74, 6) is 0.647. The minimum absolute atomic E-state index is 0.625. The SMILES string of the molecule is C=C/C(=C\Br)COCC1CCN(Cc2ccc(C#N)cc2)CC1. The van der Waals surface area contributed by atoms with Gasteiger partial charge in [0.25, 0.3) is 0 Å². The van der Waals surface area contributed by atoms with Gasteiger partial charge in [0.2, 0.25) is 0 Å². The number of piperidine rings is 1. The van der Waals surface area contributed by atoms with Crippen molar-refractivity contribution in [3.8, 4) is 6.07 Å². The van der Waals surface area contributed by atoms with E-state index >= 15 is 0 Å². The molecule has 1 aromatic rings. The zero-order chi connectivity index (χ0) is 16.5. The second-order valence-corrected chi connectivity index (χ2v) is 6.39. The minimum Gasteiger partial charge on any atom is -0.376 e. The summed E-state index contributed by atoms with van der Waals surface area (Å²) >= 11 is 3.31. The van der Waals surface area contributed by atoms with Crippen molar-refractivity contribution >= 4 is 15.9 Å². The molecule has 0 unspecified atom stereocenters. The van der Waals surface area contributed by atoms with Crippen molar-refractivity contribution in [3.63, 3.8) is 0 Å². The smallest absolute Gasteiger partial charge is 0.0991 e. The van der Waals surface area contributed by atoms with Crippen molar-refractivity contribution in [1.29, 1.82) is 5.26 Å². The van der Waals surface area contributed by atoms with E-state index in [-0.39, 0.29) is 0 Å². The number of halogens is 1. The molecule has 0 spiro atoms. The Labute approximate surface area is 147 Å². The molecule has 0 atom stereocenters. The van der Waals surface area contributed by atoms with E-state index in [0.717, 1.165) is 37.4 Å². The molecular formula is C19H23BrN2O. The summed E-state index contributed by atoms with van der Waals surface area (Å²) in [5.41, 5.74) is 3.07. The zero-order valence-electron chi connectivity index (χ0n) is 13.4. The molecule has 1 heterocycles. The fourth-order valence-electron chi connectivity index (χ4n) is 2.73. The van der Waals surface area contributed by atoms with Crippen LogP contribution >= 0.6 is 15.9 Å². The molecule has 0 amide bonds. The van der Waals surface area contributed by atoms with E-state index in [9.17, 15) is 0 Å². The van der Waals surface area contributed by atoms with E-state index in [0.29, 0.717) is 12.5 Å². The van der Waals surface area contributed by atoms with E-state index < -0.39 is 0 Å². The zero-order valence-corrected chi connectivity index (χ0v) is 15.0. The second kappa shape index (κ2) is 9.67. The van der Waals surface area contributed by atoms with Gasteiger partial charge in [-0.2, -0.15) is 5.26 Å². The van der Waals surface area contributed by atoms with Gasteiger partial charge in [0.1, 0.15) is 0 Å². The lowest BCUT2D eigenvalue weighted by molar-refractivity contribution is 0.0779. The van der Waals surface area contributed by atoms with E-state index in [1.165, 1.54) is 18.4 Å². The number of rotatable bonds is 7. The highest BCUT2D eigenvalue weighted by atomic mass is 79.9. The molecule has 1 fully saturated rings. The highest BCUT2D eigenvalue weighted by Gasteiger charge is 2.19. The summed E-state index contributed by atoms with van der Waals surface area (Å²) in [6.07, 6.45) is 4.17. The van der Waals surface area contributed by atoms with Gasteiger partial charge in [-0.25, -0.2) is 0 Å². The lowest BCUT2D eigenvalue weighted by Gasteiger charge is -2.31. The number of nitrogens with zero attached hydrogens (tertiary/aromatic N) is 2. The maximum Gasteiger partial charge on any atom is 0.0991 e. The number of benzene rings is 1. The summed E-state index contributed by atoms with van der Waals surface area (Å²) < 4.78 is 5.78. The van der Waals surface area contributed by atoms with Gasteiger partial charge in [-0.3, -0.25) is 4.90 Å². The maximum atomic E-state index is 8.83. The van der Waals surface area contributed by atoms with Crippen LogP contribution in [0.15, 0.2) is 47.5 Å². The number of likely N-dealkylation sites (tertiary alicyclic amines) is 1. The monoisotopic (exact) mass is 374 g/mol. The molecule has 0 aromatic heterocycles. The third-order valence-electron chi connectivity index (χ3n) is 4.22. The van der Waals surface area contributed by atoms with Crippen LogP contribution in [0.3, 0.4) is 0 Å². The van der Waals surface area contributed by atoms with Crippen LogP contribution in [0.1, 0.15) is 24.0 Å². The van der Waals surface area contributed by atoms with Gasteiger partial charge in [-0.1, -0.05) is 40.7 Å². The first-order chi connectivity index (χ1) is 11.2. The molecule has 3 nitrogen and oxygen atoms in total. The van der Waals surface area contributed by atoms with Crippen LogP contribution in [0.2, 0.25) is 0 Å². The topological polar surface area (TPSA) is 36.3 Å². The van der Waals surface area contributed by atoms with Crippen LogP contribution in [0, 0.1) is 17.2 Å². The lowest BCUT2D eigenvalue weighted by atomic mass is 9.97. The highest BCUT2D eigenvalue weighted by Crippen LogP contribution is 2.20. The molecule has 0 N–H and O–H groups in total. The molecule has 0 saturated carbocycles. The van der Waals surface area contributed by atoms with Crippen LogP contribution < -0.4 is 0 Å². The Morgan fingerprint density at radius 2 is 2.04 bits per heavy atom. The van der Waals surface area contributed by atoms with Crippen LogP contribution in [0.25, 0.3) is 0 Å². The van der Waals surface area contributed by atoms with Gasteiger partial charge >= 0.3 is 0 Å². The predicted octanol–water partition coefficient (Wildman–Crippen LogP) is 4.25. The van der Waals surface area contributed by atoms with Crippen molar-refractivity contribution in [1.82, 2.24) is 4.90 Å². The molecule has 1 saturated heterocycles. The maximum absolute atomic E-state index is 8.83.